The van der Waals surface area contributed by atoms with Crippen molar-refractivity contribution in [2.24, 2.45) is 5.41 Å². The molecular formula is C25H33N5. The average molecular weight is 404 g/mol. The Labute approximate surface area is 181 Å². The second kappa shape index (κ2) is 10.4. The molecule has 1 aromatic heterocycles. The molecular weight excluding hydrogens is 370 g/mol. The molecule has 3 rings (SSSR count). The van der Waals surface area contributed by atoms with E-state index in [4.69, 9.17) is 5.26 Å². The van der Waals surface area contributed by atoms with Crippen LogP contribution in [0, 0.1) is 16.7 Å². The first kappa shape index (κ1) is 22.0. The summed E-state index contributed by atoms with van der Waals surface area (Å²) in [5, 5.41) is 9.15. The molecule has 0 unspecified atom stereocenters. The smallest absolute Gasteiger partial charge is 0.234 e. The molecule has 2 heterocycles. The highest BCUT2D eigenvalue weighted by molar-refractivity contribution is 5.50. The molecule has 2 aromatic rings. The molecule has 1 aromatic carbocycles. The van der Waals surface area contributed by atoms with Crippen LogP contribution in [0.2, 0.25) is 0 Å². The number of hydrogen-bond acceptors (Lipinski definition) is 5. The van der Waals surface area contributed by atoms with Gasteiger partial charge in [0.05, 0.1) is 0 Å². The van der Waals surface area contributed by atoms with Gasteiger partial charge in [-0.05, 0) is 48.5 Å². The number of likely N-dealkylation sites (tertiary alicyclic amines) is 1. The maximum atomic E-state index is 9.15. The Hall–Kier alpha value is -2.71. The van der Waals surface area contributed by atoms with Gasteiger partial charge in [0.1, 0.15) is 11.9 Å². The topological polar surface area (TPSA) is 56.0 Å². The van der Waals surface area contributed by atoms with E-state index in [1.54, 1.807) is 6.20 Å². The van der Waals surface area contributed by atoms with Crippen LogP contribution in [0.15, 0.2) is 42.6 Å². The lowest BCUT2D eigenvalue weighted by Crippen LogP contribution is -2.33. The van der Waals surface area contributed by atoms with Gasteiger partial charge >= 0.3 is 0 Å². The highest BCUT2D eigenvalue weighted by atomic mass is 15.2. The van der Waals surface area contributed by atoms with Crippen LogP contribution in [-0.2, 0) is 6.54 Å². The highest BCUT2D eigenvalue weighted by Gasteiger charge is 2.19. The molecule has 0 saturated carbocycles. The van der Waals surface area contributed by atoms with Crippen LogP contribution in [0.25, 0.3) is 6.08 Å². The Bertz CT molecular complexity index is 868. The van der Waals surface area contributed by atoms with E-state index in [0.717, 1.165) is 25.5 Å². The van der Waals surface area contributed by atoms with Crippen LogP contribution in [0.5, 0.6) is 0 Å². The van der Waals surface area contributed by atoms with Crippen LogP contribution in [0.1, 0.15) is 57.0 Å². The minimum Gasteiger partial charge on any atom is -0.352 e. The zero-order chi connectivity index (χ0) is 21.4. The summed E-state index contributed by atoms with van der Waals surface area (Å²) in [7, 11) is 0. The minimum absolute atomic E-state index is 0.106. The summed E-state index contributed by atoms with van der Waals surface area (Å²) in [6, 6.07) is 12.6. The lowest BCUT2D eigenvalue weighted by atomic mass is 9.95. The van der Waals surface area contributed by atoms with Crippen LogP contribution >= 0.6 is 0 Å². The first-order chi connectivity index (χ1) is 14.4. The molecule has 158 valence electrons. The van der Waals surface area contributed by atoms with E-state index in [2.05, 4.69) is 77.0 Å². The standard InChI is InChI=1S/C25H33N5/c1-25(2,3)20-30(24-13-14-27-23(18-26)28-24)19-22-11-9-21(10-12-22)8-7-17-29-15-5-4-6-16-29/h7-14H,4-6,15-17,19-20H2,1-3H3/b8-7+. The molecule has 0 amide bonds. The summed E-state index contributed by atoms with van der Waals surface area (Å²) < 4.78 is 0. The second-order valence-corrected chi connectivity index (χ2v) is 9.27. The van der Waals surface area contributed by atoms with Crippen molar-refractivity contribution in [3.8, 4) is 6.07 Å². The Kier molecular flexibility index (Phi) is 7.59. The van der Waals surface area contributed by atoms with E-state index in [1.807, 2.05) is 12.1 Å². The third-order valence-corrected chi connectivity index (χ3v) is 5.21. The van der Waals surface area contributed by atoms with Gasteiger partial charge < -0.3 is 4.90 Å². The Balaban J connectivity index is 1.66. The second-order valence-electron chi connectivity index (χ2n) is 9.27. The number of nitrogens with zero attached hydrogens (tertiary/aromatic N) is 5. The average Bonchev–Trinajstić information content (AvgIpc) is 2.74. The first-order valence-corrected chi connectivity index (χ1v) is 10.9. The summed E-state index contributed by atoms with van der Waals surface area (Å²) in [6.07, 6.45) is 10.2. The number of hydrogen-bond donors (Lipinski definition) is 0. The lowest BCUT2D eigenvalue weighted by molar-refractivity contribution is 0.252. The fourth-order valence-corrected chi connectivity index (χ4v) is 3.80. The summed E-state index contributed by atoms with van der Waals surface area (Å²) in [5.41, 5.74) is 2.56. The van der Waals surface area contributed by atoms with Crippen molar-refractivity contribution in [3.63, 3.8) is 0 Å². The minimum atomic E-state index is 0.106. The Morgan fingerprint density at radius 1 is 1.10 bits per heavy atom. The van der Waals surface area contributed by atoms with Crippen molar-refractivity contribution in [2.45, 2.75) is 46.6 Å². The summed E-state index contributed by atoms with van der Waals surface area (Å²) in [5.74, 6) is 1.00. The molecule has 0 atom stereocenters. The van der Waals surface area contributed by atoms with Gasteiger partial charge in [-0.25, -0.2) is 9.97 Å². The molecule has 5 heteroatoms. The van der Waals surface area contributed by atoms with Gasteiger partial charge in [-0.1, -0.05) is 63.6 Å². The zero-order valence-electron chi connectivity index (χ0n) is 18.5. The van der Waals surface area contributed by atoms with E-state index >= 15 is 0 Å². The van der Waals surface area contributed by atoms with Gasteiger partial charge in [0.15, 0.2) is 0 Å². The number of nitriles is 1. The van der Waals surface area contributed by atoms with Crippen molar-refractivity contribution in [2.75, 3.05) is 31.1 Å². The predicted molar refractivity (Wildman–Crippen MR) is 123 cm³/mol. The van der Waals surface area contributed by atoms with Crippen molar-refractivity contribution < 1.29 is 0 Å². The lowest BCUT2D eigenvalue weighted by Gasteiger charge is -2.31. The molecule has 0 radical (unpaired) electrons. The first-order valence-electron chi connectivity index (χ1n) is 10.9. The predicted octanol–water partition coefficient (Wildman–Crippen LogP) is 4.90. The number of aromatic nitrogens is 2. The third-order valence-electron chi connectivity index (χ3n) is 5.21. The van der Waals surface area contributed by atoms with Crippen LogP contribution in [-0.4, -0.2) is 41.0 Å². The van der Waals surface area contributed by atoms with Crippen molar-refractivity contribution in [1.29, 1.82) is 5.26 Å². The number of piperidine rings is 1. The van der Waals surface area contributed by atoms with E-state index in [9.17, 15) is 0 Å². The quantitative estimate of drug-likeness (QED) is 0.658. The Morgan fingerprint density at radius 3 is 2.50 bits per heavy atom. The van der Waals surface area contributed by atoms with Crippen LogP contribution < -0.4 is 4.90 Å². The van der Waals surface area contributed by atoms with Gasteiger partial charge in [0.2, 0.25) is 5.82 Å². The van der Waals surface area contributed by atoms with Crippen molar-refractivity contribution in [3.05, 3.63) is 59.6 Å². The molecule has 30 heavy (non-hydrogen) atoms. The van der Waals surface area contributed by atoms with E-state index < -0.39 is 0 Å². The highest BCUT2D eigenvalue weighted by Crippen LogP contribution is 2.22. The zero-order valence-corrected chi connectivity index (χ0v) is 18.5. The molecule has 0 spiro atoms. The van der Waals surface area contributed by atoms with Crippen LogP contribution in [0.4, 0.5) is 5.82 Å². The van der Waals surface area contributed by atoms with Gasteiger partial charge in [-0.15, -0.1) is 0 Å². The monoisotopic (exact) mass is 403 g/mol. The van der Waals surface area contributed by atoms with Crippen LogP contribution in [0.3, 0.4) is 0 Å². The van der Waals surface area contributed by atoms with E-state index in [0.29, 0.717) is 0 Å². The molecule has 5 nitrogen and oxygen atoms in total. The molecule has 0 N–H and O–H groups in total. The number of rotatable bonds is 7. The molecule has 1 aliphatic heterocycles. The normalized spacial score (nSPS) is 15.3. The summed E-state index contributed by atoms with van der Waals surface area (Å²) in [4.78, 5) is 13.2. The molecule has 0 bridgehead atoms. The Morgan fingerprint density at radius 2 is 1.83 bits per heavy atom. The molecule has 0 aliphatic carbocycles. The number of anilines is 1. The van der Waals surface area contributed by atoms with E-state index in [-0.39, 0.29) is 11.2 Å². The van der Waals surface area contributed by atoms with Crippen molar-refractivity contribution >= 4 is 11.9 Å². The third kappa shape index (κ3) is 6.96. The largest absolute Gasteiger partial charge is 0.352 e. The van der Waals surface area contributed by atoms with E-state index in [1.165, 1.54) is 43.5 Å². The van der Waals surface area contributed by atoms with Gasteiger partial charge in [0.25, 0.3) is 0 Å². The van der Waals surface area contributed by atoms with Gasteiger partial charge in [-0.2, -0.15) is 5.26 Å². The fourth-order valence-electron chi connectivity index (χ4n) is 3.80. The molecule has 1 fully saturated rings. The van der Waals surface area contributed by atoms with Gasteiger partial charge in [-0.3, -0.25) is 4.90 Å². The maximum absolute atomic E-state index is 9.15. The summed E-state index contributed by atoms with van der Waals surface area (Å²) in [6.45, 7) is 11.7. The molecule has 1 aliphatic rings. The van der Waals surface area contributed by atoms with Gasteiger partial charge in [0, 0.05) is 25.8 Å². The summed E-state index contributed by atoms with van der Waals surface area (Å²) >= 11 is 0. The van der Waals surface area contributed by atoms with Crippen molar-refractivity contribution in [1.82, 2.24) is 14.9 Å². The number of benzene rings is 1. The SMILES string of the molecule is CC(C)(C)CN(Cc1ccc(/C=C/CN2CCCCC2)cc1)c1ccnc(C#N)n1. The molecule has 1 saturated heterocycles. The maximum Gasteiger partial charge on any atom is 0.234 e. The fraction of sp³-hybridized carbons (Fsp3) is 0.480.